The molecule has 4 aromatic carbocycles. The second-order valence-corrected chi connectivity index (χ2v) is 6.45. The highest BCUT2D eigenvalue weighted by atomic mass is 16.4. The molecular formula is C22H16BNO2. The molecule has 0 atom stereocenters. The van der Waals surface area contributed by atoms with Gasteiger partial charge in [-0.05, 0) is 57.2 Å². The normalized spacial score (nSPS) is 10.8. The highest BCUT2D eigenvalue weighted by Gasteiger charge is 2.22. The second kappa shape index (κ2) is 6.31. The highest BCUT2D eigenvalue weighted by Crippen LogP contribution is 2.36. The van der Waals surface area contributed by atoms with Gasteiger partial charge in [-0.3, -0.25) is 0 Å². The van der Waals surface area contributed by atoms with Crippen LogP contribution in [-0.2, 0) is 0 Å². The Bertz CT molecular complexity index is 1170. The number of rotatable bonds is 2. The number of nitriles is 1. The standard InChI is InChI=1S/C22H16BNO2/c1-14-6-11-18-20(12-14)22(23(25)26)19-5-3-2-4-17(19)21(18)16-9-7-15(13-24)8-10-16/h2-12,25-26H,1H3. The SMILES string of the molecule is Cc1ccc2c(-c3ccc(C#N)cc3)c3ccccc3c(B(O)O)c2c1. The smallest absolute Gasteiger partial charge is 0.423 e. The van der Waals surface area contributed by atoms with Crippen LogP contribution in [-0.4, -0.2) is 17.2 Å². The minimum absolute atomic E-state index is 0.525. The van der Waals surface area contributed by atoms with Crippen molar-refractivity contribution >= 4 is 34.1 Å². The van der Waals surface area contributed by atoms with Crippen molar-refractivity contribution in [3.63, 3.8) is 0 Å². The third-order valence-corrected chi connectivity index (χ3v) is 4.78. The molecular weight excluding hydrogens is 321 g/mol. The lowest BCUT2D eigenvalue weighted by atomic mass is 9.72. The van der Waals surface area contributed by atoms with E-state index in [0.29, 0.717) is 11.0 Å². The Morgan fingerprint density at radius 1 is 0.808 bits per heavy atom. The summed E-state index contributed by atoms with van der Waals surface area (Å²) < 4.78 is 0. The molecule has 3 nitrogen and oxygen atoms in total. The van der Waals surface area contributed by atoms with Crippen molar-refractivity contribution < 1.29 is 10.0 Å². The largest absolute Gasteiger partial charge is 0.489 e. The number of fused-ring (bicyclic) bond motifs is 2. The first-order valence-electron chi connectivity index (χ1n) is 8.42. The molecule has 26 heavy (non-hydrogen) atoms. The van der Waals surface area contributed by atoms with Crippen LogP contribution in [0.3, 0.4) is 0 Å². The zero-order valence-electron chi connectivity index (χ0n) is 14.3. The molecule has 0 spiro atoms. The molecule has 2 N–H and O–H groups in total. The van der Waals surface area contributed by atoms with Crippen LogP contribution in [0.4, 0.5) is 0 Å². The van der Waals surface area contributed by atoms with E-state index in [1.165, 1.54) is 0 Å². The van der Waals surface area contributed by atoms with Crippen molar-refractivity contribution in [1.82, 2.24) is 0 Å². The molecule has 0 heterocycles. The predicted molar refractivity (Wildman–Crippen MR) is 106 cm³/mol. The monoisotopic (exact) mass is 337 g/mol. The van der Waals surface area contributed by atoms with Crippen molar-refractivity contribution in [3.05, 3.63) is 77.9 Å². The van der Waals surface area contributed by atoms with Gasteiger partial charge in [0, 0.05) is 0 Å². The van der Waals surface area contributed by atoms with Crippen LogP contribution in [0.1, 0.15) is 11.1 Å². The van der Waals surface area contributed by atoms with Crippen LogP contribution in [0, 0.1) is 18.3 Å². The topological polar surface area (TPSA) is 64.2 Å². The molecule has 4 aromatic rings. The molecule has 4 heteroatoms. The zero-order chi connectivity index (χ0) is 18.3. The fourth-order valence-electron chi connectivity index (χ4n) is 3.63. The summed E-state index contributed by atoms with van der Waals surface area (Å²) in [5.41, 5.74) is 4.22. The highest BCUT2D eigenvalue weighted by molar-refractivity contribution is 6.66. The number of hydrogen-bond donors (Lipinski definition) is 2. The Kier molecular flexibility index (Phi) is 3.97. The predicted octanol–water partition coefficient (Wildman–Crippen LogP) is 3.52. The summed E-state index contributed by atoms with van der Waals surface area (Å²) in [5.74, 6) is 0. The van der Waals surface area contributed by atoms with Crippen LogP contribution < -0.4 is 5.46 Å². The molecule has 0 aromatic heterocycles. The van der Waals surface area contributed by atoms with Crippen LogP contribution in [0.15, 0.2) is 66.7 Å². The fraction of sp³-hybridized carbons (Fsp3) is 0.0455. The Labute approximate surface area is 151 Å². The van der Waals surface area contributed by atoms with Gasteiger partial charge in [-0.15, -0.1) is 0 Å². The Morgan fingerprint density at radius 3 is 2.12 bits per heavy atom. The summed E-state index contributed by atoms with van der Waals surface area (Å²) >= 11 is 0. The van der Waals surface area contributed by atoms with Gasteiger partial charge in [0.2, 0.25) is 0 Å². The van der Waals surface area contributed by atoms with Gasteiger partial charge >= 0.3 is 7.12 Å². The third-order valence-electron chi connectivity index (χ3n) is 4.78. The van der Waals surface area contributed by atoms with Gasteiger partial charge in [-0.1, -0.05) is 60.2 Å². The first-order chi connectivity index (χ1) is 12.6. The van der Waals surface area contributed by atoms with Gasteiger partial charge in [0.05, 0.1) is 11.6 Å². The van der Waals surface area contributed by atoms with Gasteiger partial charge < -0.3 is 10.0 Å². The molecule has 0 saturated heterocycles. The Hall–Kier alpha value is -3.13. The van der Waals surface area contributed by atoms with Crippen LogP contribution in [0.5, 0.6) is 0 Å². The molecule has 0 saturated carbocycles. The summed E-state index contributed by atoms with van der Waals surface area (Å²) in [6.07, 6.45) is 0. The van der Waals surface area contributed by atoms with Crippen molar-refractivity contribution in [2.45, 2.75) is 6.92 Å². The molecule has 0 unspecified atom stereocenters. The second-order valence-electron chi connectivity index (χ2n) is 6.45. The first kappa shape index (κ1) is 16.3. The molecule has 0 aliphatic rings. The maximum atomic E-state index is 10.1. The molecule has 0 aliphatic carbocycles. The van der Waals surface area contributed by atoms with E-state index in [1.807, 2.05) is 61.5 Å². The van der Waals surface area contributed by atoms with E-state index >= 15 is 0 Å². The van der Waals surface area contributed by atoms with Crippen LogP contribution in [0.2, 0.25) is 0 Å². The quantitative estimate of drug-likeness (QED) is 0.434. The Morgan fingerprint density at radius 2 is 1.46 bits per heavy atom. The summed E-state index contributed by atoms with van der Waals surface area (Å²) in [6, 6.07) is 23.4. The number of aryl methyl sites for hydroxylation is 1. The molecule has 4 rings (SSSR count). The maximum absolute atomic E-state index is 10.1. The number of nitrogens with zero attached hydrogens (tertiary/aromatic N) is 1. The molecule has 0 radical (unpaired) electrons. The Balaban J connectivity index is 2.20. The average molecular weight is 337 g/mol. The minimum Gasteiger partial charge on any atom is -0.423 e. The van der Waals surface area contributed by atoms with Crippen molar-refractivity contribution in [1.29, 1.82) is 5.26 Å². The fourth-order valence-corrected chi connectivity index (χ4v) is 3.63. The summed E-state index contributed by atoms with van der Waals surface area (Å²) in [6.45, 7) is 1.99. The van der Waals surface area contributed by atoms with E-state index in [9.17, 15) is 10.0 Å². The molecule has 0 aliphatic heterocycles. The van der Waals surface area contributed by atoms with E-state index < -0.39 is 7.12 Å². The van der Waals surface area contributed by atoms with Gasteiger partial charge in [-0.2, -0.15) is 5.26 Å². The summed E-state index contributed by atoms with van der Waals surface area (Å²) in [7, 11) is -1.56. The van der Waals surface area contributed by atoms with Crippen molar-refractivity contribution in [3.8, 4) is 17.2 Å². The molecule has 0 bridgehead atoms. The van der Waals surface area contributed by atoms with E-state index in [2.05, 4.69) is 6.07 Å². The lowest BCUT2D eigenvalue weighted by molar-refractivity contribution is 0.426. The van der Waals surface area contributed by atoms with Crippen LogP contribution >= 0.6 is 0 Å². The summed E-state index contributed by atoms with van der Waals surface area (Å²) in [5, 5.41) is 32.8. The van der Waals surface area contributed by atoms with Gasteiger partial charge in [-0.25, -0.2) is 0 Å². The molecule has 124 valence electrons. The van der Waals surface area contributed by atoms with Gasteiger partial charge in [0.1, 0.15) is 0 Å². The van der Waals surface area contributed by atoms with E-state index in [4.69, 9.17) is 5.26 Å². The lowest BCUT2D eigenvalue weighted by Crippen LogP contribution is -2.31. The van der Waals surface area contributed by atoms with Crippen molar-refractivity contribution in [2.75, 3.05) is 0 Å². The average Bonchev–Trinajstić information content (AvgIpc) is 2.65. The third kappa shape index (κ3) is 2.55. The van der Waals surface area contributed by atoms with Gasteiger partial charge in [0.15, 0.2) is 0 Å². The number of hydrogen-bond acceptors (Lipinski definition) is 3. The zero-order valence-corrected chi connectivity index (χ0v) is 14.3. The minimum atomic E-state index is -1.56. The molecule has 0 fully saturated rings. The van der Waals surface area contributed by atoms with Crippen LogP contribution in [0.25, 0.3) is 32.7 Å². The van der Waals surface area contributed by atoms with E-state index in [1.54, 1.807) is 12.1 Å². The number of benzene rings is 4. The van der Waals surface area contributed by atoms with E-state index in [0.717, 1.165) is 38.2 Å². The summed E-state index contributed by atoms with van der Waals surface area (Å²) in [4.78, 5) is 0. The maximum Gasteiger partial charge on any atom is 0.489 e. The van der Waals surface area contributed by atoms with Gasteiger partial charge in [0.25, 0.3) is 0 Å². The van der Waals surface area contributed by atoms with E-state index in [-0.39, 0.29) is 0 Å². The van der Waals surface area contributed by atoms with Crippen molar-refractivity contribution in [2.24, 2.45) is 0 Å². The first-order valence-corrected chi connectivity index (χ1v) is 8.42. The molecule has 0 amide bonds. The lowest BCUT2D eigenvalue weighted by Gasteiger charge is -2.17.